The third-order valence-corrected chi connectivity index (χ3v) is 2.18. The van der Waals surface area contributed by atoms with E-state index in [1.54, 1.807) is 6.20 Å². The maximum absolute atomic E-state index is 5.89. The summed E-state index contributed by atoms with van der Waals surface area (Å²) in [4.78, 5) is 4.15. The number of pyridine rings is 1. The molecule has 0 atom stereocenters. The maximum atomic E-state index is 5.89. The van der Waals surface area contributed by atoms with Gasteiger partial charge in [-0.1, -0.05) is 11.6 Å². The third kappa shape index (κ3) is 2.57. The SMILES string of the molecule is NCCc1ncc(I)cc1Cl. The van der Waals surface area contributed by atoms with Crippen molar-refractivity contribution < 1.29 is 0 Å². The highest BCUT2D eigenvalue weighted by atomic mass is 127. The van der Waals surface area contributed by atoms with Gasteiger partial charge in [0.15, 0.2) is 0 Å². The van der Waals surface area contributed by atoms with Crippen LogP contribution in [0.4, 0.5) is 0 Å². The molecule has 0 radical (unpaired) electrons. The average molecular weight is 283 g/mol. The van der Waals surface area contributed by atoms with Gasteiger partial charge < -0.3 is 5.73 Å². The van der Waals surface area contributed by atoms with Crippen LogP contribution in [0.2, 0.25) is 5.02 Å². The molecule has 11 heavy (non-hydrogen) atoms. The van der Waals surface area contributed by atoms with Gasteiger partial charge in [0, 0.05) is 16.2 Å². The Hall–Kier alpha value is 0.130. The summed E-state index contributed by atoms with van der Waals surface area (Å²) in [6.07, 6.45) is 2.53. The molecule has 4 heteroatoms. The molecule has 0 aliphatic heterocycles. The highest BCUT2D eigenvalue weighted by Crippen LogP contribution is 2.16. The lowest BCUT2D eigenvalue weighted by molar-refractivity contribution is 0.922. The van der Waals surface area contributed by atoms with E-state index in [1.165, 1.54) is 0 Å². The second-order valence-electron chi connectivity index (χ2n) is 2.12. The molecule has 0 saturated heterocycles. The molecule has 0 fully saturated rings. The fourth-order valence-electron chi connectivity index (χ4n) is 0.764. The van der Waals surface area contributed by atoms with Crippen LogP contribution in [0.15, 0.2) is 12.3 Å². The summed E-state index contributed by atoms with van der Waals surface area (Å²) in [7, 11) is 0. The van der Waals surface area contributed by atoms with Gasteiger partial charge in [-0.2, -0.15) is 0 Å². The van der Waals surface area contributed by atoms with Gasteiger partial charge in [0.05, 0.1) is 10.7 Å². The lowest BCUT2D eigenvalue weighted by Crippen LogP contribution is -2.04. The Kier molecular flexibility index (Phi) is 3.54. The zero-order valence-corrected chi connectivity index (χ0v) is 8.76. The average Bonchev–Trinajstić information content (AvgIpc) is 1.95. The molecule has 2 nitrogen and oxygen atoms in total. The highest BCUT2D eigenvalue weighted by Gasteiger charge is 2.00. The van der Waals surface area contributed by atoms with Crippen LogP contribution in [0.5, 0.6) is 0 Å². The minimum absolute atomic E-state index is 0.591. The quantitative estimate of drug-likeness (QED) is 0.841. The first-order chi connectivity index (χ1) is 5.24. The third-order valence-electron chi connectivity index (χ3n) is 1.27. The van der Waals surface area contributed by atoms with E-state index in [0.29, 0.717) is 11.6 Å². The summed E-state index contributed by atoms with van der Waals surface area (Å²) < 4.78 is 1.05. The van der Waals surface area contributed by atoms with E-state index in [0.717, 1.165) is 15.7 Å². The second-order valence-corrected chi connectivity index (χ2v) is 3.77. The van der Waals surface area contributed by atoms with Crippen molar-refractivity contribution in [1.82, 2.24) is 4.98 Å². The highest BCUT2D eigenvalue weighted by molar-refractivity contribution is 14.1. The molecule has 0 spiro atoms. The van der Waals surface area contributed by atoms with Gasteiger partial charge in [-0.15, -0.1) is 0 Å². The standard InChI is InChI=1S/C7H8ClIN2/c8-6-3-5(9)4-11-7(6)1-2-10/h3-4H,1-2,10H2. The van der Waals surface area contributed by atoms with Crippen molar-refractivity contribution in [3.8, 4) is 0 Å². The van der Waals surface area contributed by atoms with Gasteiger partial charge in [0.2, 0.25) is 0 Å². The number of hydrogen-bond acceptors (Lipinski definition) is 2. The zero-order chi connectivity index (χ0) is 8.27. The first-order valence-corrected chi connectivity index (χ1v) is 4.69. The Balaban J connectivity index is 2.90. The lowest BCUT2D eigenvalue weighted by Gasteiger charge is -2.00. The van der Waals surface area contributed by atoms with Crippen LogP contribution in [0.3, 0.4) is 0 Å². The van der Waals surface area contributed by atoms with Crippen molar-refractivity contribution in [2.45, 2.75) is 6.42 Å². The monoisotopic (exact) mass is 282 g/mol. The number of hydrogen-bond donors (Lipinski definition) is 1. The van der Waals surface area contributed by atoms with Gasteiger partial charge >= 0.3 is 0 Å². The molecular weight excluding hydrogens is 274 g/mol. The largest absolute Gasteiger partial charge is 0.330 e. The topological polar surface area (TPSA) is 38.9 Å². The molecule has 1 rings (SSSR count). The molecule has 0 bridgehead atoms. The fraction of sp³-hybridized carbons (Fsp3) is 0.286. The number of nitrogens with two attached hydrogens (primary N) is 1. The Morgan fingerprint density at radius 2 is 2.36 bits per heavy atom. The van der Waals surface area contributed by atoms with Gasteiger partial charge in [-0.3, -0.25) is 4.98 Å². The molecular formula is C7H8ClIN2. The Bertz CT molecular complexity index is 252. The smallest absolute Gasteiger partial charge is 0.0632 e. The predicted molar refractivity (Wildman–Crippen MR) is 54.7 cm³/mol. The number of aromatic nitrogens is 1. The number of nitrogens with zero attached hydrogens (tertiary/aromatic N) is 1. The van der Waals surface area contributed by atoms with Crippen molar-refractivity contribution in [2.75, 3.05) is 6.54 Å². The van der Waals surface area contributed by atoms with Gasteiger partial charge in [-0.05, 0) is 35.2 Å². The molecule has 0 saturated carbocycles. The molecule has 0 aliphatic carbocycles. The van der Waals surface area contributed by atoms with E-state index in [1.807, 2.05) is 6.07 Å². The molecule has 2 N–H and O–H groups in total. The summed E-state index contributed by atoms with van der Waals surface area (Å²) in [5.74, 6) is 0. The molecule has 0 amide bonds. The van der Waals surface area contributed by atoms with Crippen LogP contribution in [-0.2, 0) is 6.42 Å². The zero-order valence-electron chi connectivity index (χ0n) is 5.85. The normalized spacial score (nSPS) is 10.1. The molecule has 1 heterocycles. The summed E-state index contributed by atoms with van der Waals surface area (Å²) in [5.41, 5.74) is 6.25. The van der Waals surface area contributed by atoms with Crippen LogP contribution < -0.4 is 5.73 Å². The van der Waals surface area contributed by atoms with Crippen molar-refractivity contribution in [3.05, 3.63) is 26.5 Å². The molecule has 60 valence electrons. The van der Waals surface area contributed by atoms with E-state index in [-0.39, 0.29) is 0 Å². The van der Waals surface area contributed by atoms with E-state index >= 15 is 0 Å². The number of rotatable bonds is 2. The van der Waals surface area contributed by atoms with Crippen molar-refractivity contribution in [2.24, 2.45) is 5.73 Å². The van der Waals surface area contributed by atoms with Gasteiger partial charge in [0.25, 0.3) is 0 Å². The first kappa shape index (κ1) is 9.22. The van der Waals surface area contributed by atoms with Crippen LogP contribution >= 0.6 is 34.2 Å². The van der Waals surface area contributed by atoms with Crippen LogP contribution in [0.1, 0.15) is 5.69 Å². The van der Waals surface area contributed by atoms with E-state index in [9.17, 15) is 0 Å². The molecule has 1 aromatic heterocycles. The van der Waals surface area contributed by atoms with Crippen molar-refractivity contribution in [3.63, 3.8) is 0 Å². The summed E-state index contributed by atoms with van der Waals surface area (Å²) >= 11 is 8.06. The van der Waals surface area contributed by atoms with Crippen LogP contribution in [-0.4, -0.2) is 11.5 Å². The van der Waals surface area contributed by atoms with Crippen LogP contribution in [0.25, 0.3) is 0 Å². The fourth-order valence-corrected chi connectivity index (χ4v) is 1.66. The molecule has 1 aromatic rings. The Morgan fingerprint density at radius 3 is 2.91 bits per heavy atom. The van der Waals surface area contributed by atoms with E-state index < -0.39 is 0 Å². The summed E-state index contributed by atoms with van der Waals surface area (Å²) in [6, 6.07) is 1.89. The maximum Gasteiger partial charge on any atom is 0.0632 e. The number of halogens is 2. The van der Waals surface area contributed by atoms with Gasteiger partial charge in [-0.25, -0.2) is 0 Å². The molecule has 0 aliphatic rings. The van der Waals surface area contributed by atoms with Crippen molar-refractivity contribution >= 4 is 34.2 Å². The van der Waals surface area contributed by atoms with Gasteiger partial charge in [0.1, 0.15) is 0 Å². The van der Waals surface area contributed by atoms with E-state index in [2.05, 4.69) is 27.6 Å². The molecule has 0 aromatic carbocycles. The summed E-state index contributed by atoms with van der Waals surface area (Å²) in [6.45, 7) is 0.591. The molecule has 0 unspecified atom stereocenters. The lowest BCUT2D eigenvalue weighted by atomic mass is 10.3. The van der Waals surface area contributed by atoms with E-state index in [4.69, 9.17) is 17.3 Å². The Morgan fingerprint density at radius 1 is 1.64 bits per heavy atom. The minimum atomic E-state index is 0.591. The van der Waals surface area contributed by atoms with Crippen molar-refractivity contribution in [1.29, 1.82) is 0 Å². The second kappa shape index (κ2) is 4.23. The first-order valence-electron chi connectivity index (χ1n) is 3.24. The Labute approximate surface area is 84.3 Å². The summed E-state index contributed by atoms with van der Waals surface area (Å²) in [5, 5.41) is 0.711. The minimum Gasteiger partial charge on any atom is -0.330 e. The predicted octanol–water partition coefficient (Wildman–Crippen LogP) is 1.84. The van der Waals surface area contributed by atoms with Crippen LogP contribution in [0, 0.1) is 3.57 Å².